The van der Waals surface area contributed by atoms with Crippen molar-refractivity contribution in [2.75, 3.05) is 19.7 Å². The summed E-state index contributed by atoms with van der Waals surface area (Å²) in [4.78, 5) is 13.2. The van der Waals surface area contributed by atoms with E-state index in [-0.39, 0.29) is 5.97 Å². The number of nitrogens with zero attached hydrogens (tertiary/aromatic N) is 1. The number of hydrogen-bond acceptors (Lipinski definition) is 3. The molecule has 3 nitrogen and oxygen atoms in total. The third-order valence-electron chi connectivity index (χ3n) is 2.66. The van der Waals surface area contributed by atoms with Gasteiger partial charge in [-0.1, -0.05) is 27.4 Å². The molecule has 0 aromatic carbocycles. The fourth-order valence-electron chi connectivity index (χ4n) is 1.74. The molecule has 1 unspecified atom stereocenters. The van der Waals surface area contributed by atoms with Gasteiger partial charge in [-0.15, -0.1) is 0 Å². The Kier molecular flexibility index (Phi) is 8.01. The SMILES string of the molecule is C=CC(=O)OCCC(CC)N(CC)CC. The van der Waals surface area contributed by atoms with Crippen LogP contribution in [0.4, 0.5) is 0 Å². The maximum Gasteiger partial charge on any atom is 0.330 e. The maximum absolute atomic E-state index is 10.8. The maximum atomic E-state index is 10.8. The summed E-state index contributed by atoms with van der Waals surface area (Å²) in [5, 5.41) is 0. The first-order valence-electron chi connectivity index (χ1n) is 5.72. The molecule has 0 bridgehead atoms. The first-order valence-corrected chi connectivity index (χ1v) is 5.72. The predicted octanol–water partition coefficient (Wildman–Crippen LogP) is 2.23. The van der Waals surface area contributed by atoms with Crippen LogP contribution in [0.15, 0.2) is 12.7 Å². The Morgan fingerprint density at radius 1 is 1.40 bits per heavy atom. The Morgan fingerprint density at radius 2 is 2.00 bits per heavy atom. The fourth-order valence-corrected chi connectivity index (χ4v) is 1.74. The average Bonchev–Trinajstić information content (AvgIpc) is 2.27. The topological polar surface area (TPSA) is 29.5 Å². The minimum absolute atomic E-state index is 0.329. The standard InChI is InChI=1S/C12H23NO2/c1-5-11(13(7-3)8-4)9-10-15-12(14)6-2/h6,11H,2,5,7-10H2,1,3-4H3. The molecule has 0 saturated carbocycles. The number of carbonyl (C=O) groups is 1. The van der Waals surface area contributed by atoms with Crippen LogP contribution in [-0.4, -0.2) is 36.6 Å². The Hall–Kier alpha value is -0.830. The van der Waals surface area contributed by atoms with E-state index in [0.29, 0.717) is 12.6 Å². The van der Waals surface area contributed by atoms with Crippen molar-refractivity contribution < 1.29 is 9.53 Å². The van der Waals surface area contributed by atoms with Gasteiger partial charge < -0.3 is 9.64 Å². The van der Waals surface area contributed by atoms with E-state index < -0.39 is 0 Å². The zero-order valence-electron chi connectivity index (χ0n) is 10.2. The van der Waals surface area contributed by atoms with Crippen LogP contribution >= 0.6 is 0 Å². The van der Waals surface area contributed by atoms with Gasteiger partial charge in [-0.3, -0.25) is 0 Å². The Labute approximate surface area is 93.1 Å². The monoisotopic (exact) mass is 213 g/mol. The highest BCUT2D eigenvalue weighted by Gasteiger charge is 2.13. The van der Waals surface area contributed by atoms with Gasteiger partial charge in [-0.2, -0.15) is 0 Å². The van der Waals surface area contributed by atoms with Gasteiger partial charge in [0.25, 0.3) is 0 Å². The molecule has 0 spiro atoms. The summed E-state index contributed by atoms with van der Waals surface area (Å²) < 4.78 is 4.98. The molecule has 0 heterocycles. The molecular weight excluding hydrogens is 190 g/mol. The van der Waals surface area contributed by atoms with Crippen molar-refractivity contribution in [1.29, 1.82) is 0 Å². The van der Waals surface area contributed by atoms with Crippen molar-refractivity contribution >= 4 is 5.97 Å². The minimum atomic E-state index is -0.329. The van der Waals surface area contributed by atoms with Crippen molar-refractivity contribution in [3.8, 4) is 0 Å². The molecule has 3 heteroatoms. The highest BCUT2D eigenvalue weighted by atomic mass is 16.5. The summed E-state index contributed by atoms with van der Waals surface area (Å²) in [7, 11) is 0. The van der Waals surface area contributed by atoms with Crippen LogP contribution in [0.1, 0.15) is 33.6 Å². The number of ether oxygens (including phenoxy) is 1. The van der Waals surface area contributed by atoms with Gasteiger partial charge in [-0.05, 0) is 25.9 Å². The Bertz CT molecular complexity index is 188. The van der Waals surface area contributed by atoms with Gasteiger partial charge in [0.15, 0.2) is 0 Å². The molecule has 0 rings (SSSR count). The number of esters is 1. The molecule has 0 aromatic heterocycles. The molecule has 0 fully saturated rings. The lowest BCUT2D eigenvalue weighted by Crippen LogP contribution is -2.35. The van der Waals surface area contributed by atoms with Crippen LogP contribution in [0.2, 0.25) is 0 Å². The molecule has 0 amide bonds. The molecule has 0 radical (unpaired) electrons. The fraction of sp³-hybridized carbons (Fsp3) is 0.750. The second-order valence-corrected chi connectivity index (χ2v) is 3.44. The van der Waals surface area contributed by atoms with E-state index in [1.54, 1.807) is 0 Å². The smallest absolute Gasteiger partial charge is 0.330 e. The van der Waals surface area contributed by atoms with E-state index in [1.807, 2.05) is 0 Å². The summed E-state index contributed by atoms with van der Waals surface area (Å²) in [6, 6.07) is 0.512. The lowest BCUT2D eigenvalue weighted by Gasteiger charge is -2.28. The molecule has 0 aromatic rings. The third kappa shape index (κ3) is 5.57. The van der Waals surface area contributed by atoms with Gasteiger partial charge in [-0.25, -0.2) is 4.79 Å². The molecule has 0 N–H and O–H groups in total. The second-order valence-electron chi connectivity index (χ2n) is 3.44. The van der Waals surface area contributed by atoms with Crippen LogP contribution in [0.3, 0.4) is 0 Å². The second kappa shape index (κ2) is 8.48. The molecular formula is C12H23NO2. The lowest BCUT2D eigenvalue weighted by atomic mass is 10.1. The van der Waals surface area contributed by atoms with Crippen LogP contribution in [0, 0.1) is 0 Å². The van der Waals surface area contributed by atoms with Gasteiger partial charge in [0.1, 0.15) is 0 Å². The van der Waals surface area contributed by atoms with E-state index >= 15 is 0 Å². The van der Waals surface area contributed by atoms with Gasteiger partial charge in [0.05, 0.1) is 6.61 Å². The average molecular weight is 213 g/mol. The van der Waals surface area contributed by atoms with E-state index in [1.165, 1.54) is 6.08 Å². The van der Waals surface area contributed by atoms with Crippen LogP contribution < -0.4 is 0 Å². The Morgan fingerprint density at radius 3 is 2.40 bits per heavy atom. The summed E-state index contributed by atoms with van der Waals surface area (Å²) in [6.45, 7) is 12.4. The van der Waals surface area contributed by atoms with Gasteiger partial charge in [0, 0.05) is 12.1 Å². The van der Waals surface area contributed by atoms with Crippen LogP contribution in [-0.2, 0) is 9.53 Å². The predicted molar refractivity (Wildman–Crippen MR) is 62.8 cm³/mol. The van der Waals surface area contributed by atoms with Gasteiger partial charge in [0.2, 0.25) is 0 Å². The quantitative estimate of drug-likeness (QED) is 0.457. The molecule has 0 aliphatic heterocycles. The third-order valence-corrected chi connectivity index (χ3v) is 2.66. The van der Waals surface area contributed by atoms with E-state index in [2.05, 4.69) is 32.3 Å². The molecule has 1 atom stereocenters. The molecule has 0 aliphatic rings. The molecule has 88 valence electrons. The van der Waals surface area contributed by atoms with Gasteiger partial charge >= 0.3 is 5.97 Å². The first-order chi connectivity index (χ1) is 7.19. The van der Waals surface area contributed by atoms with Crippen molar-refractivity contribution in [3.63, 3.8) is 0 Å². The largest absolute Gasteiger partial charge is 0.462 e. The number of carbonyl (C=O) groups excluding carboxylic acids is 1. The molecule has 0 saturated heterocycles. The van der Waals surface area contributed by atoms with Crippen molar-refractivity contribution in [3.05, 3.63) is 12.7 Å². The summed E-state index contributed by atoms with van der Waals surface area (Å²) in [5.74, 6) is -0.329. The lowest BCUT2D eigenvalue weighted by molar-refractivity contribution is -0.138. The van der Waals surface area contributed by atoms with E-state index in [9.17, 15) is 4.79 Å². The first kappa shape index (κ1) is 14.2. The Balaban J connectivity index is 3.88. The number of rotatable bonds is 8. The van der Waals surface area contributed by atoms with Crippen molar-refractivity contribution in [2.24, 2.45) is 0 Å². The summed E-state index contributed by atoms with van der Waals surface area (Å²) in [5.41, 5.74) is 0. The highest BCUT2D eigenvalue weighted by molar-refractivity contribution is 5.81. The minimum Gasteiger partial charge on any atom is -0.462 e. The van der Waals surface area contributed by atoms with E-state index in [4.69, 9.17) is 4.74 Å². The van der Waals surface area contributed by atoms with Crippen LogP contribution in [0.25, 0.3) is 0 Å². The summed E-state index contributed by atoms with van der Waals surface area (Å²) in [6.07, 6.45) is 3.20. The molecule has 15 heavy (non-hydrogen) atoms. The highest BCUT2D eigenvalue weighted by Crippen LogP contribution is 2.08. The van der Waals surface area contributed by atoms with Crippen molar-refractivity contribution in [2.45, 2.75) is 39.7 Å². The van der Waals surface area contributed by atoms with Crippen molar-refractivity contribution in [1.82, 2.24) is 4.90 Å². The van der Waals surface area contributed by atoms with Crippen LogP contribution in [0.5, 0.6) is 0 Å². The zero-order valence-corrected chi connectivity index (χ0v) is 10.2. The molecule has 0 aliphatic carbocycles. The summed E-state index contributed by atoms with van der Waals surface area (Å²) >= 11 is 0. The number of hydrogen-bond donors (Lipinski definition) is 0. The van der Waals surface area contributed by atoms with E-state index in [0.717, 1.165) is 25.9 Å². The zero-order chi connectivity index (χ0) is 11.7. The normalized spacial score (nSPS) is 12.5.